The largest absolute Gasteiger partial charge is 0.497 e. The molecule has 114 valence electrons. The highest BCUT2D eigenvalue weighted by Gasteiger charge is 2.36. The lowest BCUT2D eigenvalue weighted by Crippen LogP contribution is -2.37. The summed E-state index contributed by atoms with van der Waals surface area (Å²) in [5, 5.41) is 3.33. The molecule has 0 bridgehead atoms. The SMILES string of the molecule is CCCNCC(C)CN1C(=O)C(=O)c2ccc(OC)cc21. The predicted molar refractivity (Wildman–Crippen MR) is 82.0 cm³/mol. The molecule has 2 rings (SSSR count). The Bertz CT molecular complexity index is 542. The first-order valence-corrected chi connectivity index (χ1v) is 7.33. The number of ether oxygens (including phenoxy) is 1. The molecule has 1 aromatic carbocycles. The summed E-state index contributed by atoms with van der Waals surface area (Å²) < 4.78 is 5.18. The molecule has 0 aliphatic carbocycles. The summed E-state index contributed by atoms with van der Waals surface area (Å²) in [7, 11) is 1.57. The Labute approximate surface area is 125 Å². The molecule has 0 fully saturated rings. The van der Waals surface area contributed by atoms with E-state index in [0.29, 0.717) is 23.5 Å². The third-order valence-electron chi connectivity index (χ3n) is 3.59. The van der Waals surface area contributed by atoms with Gasteiger partial charge in [0.05, 0.1) is 18.4 Å². The van der Waals surface area contributed by atoms with Gasteiger partial charge in [-0.1, -0.05) is 13.8 Å². The number of anilines is 1. The second-order valence-corrected chi connectivity index (χ2v) is 5.44. The standard InChI is InChI=1S/C16H22N2O3/c1-4-7-17-9-11(2)10-18-14-8-12(21-3)5-6-13(14)15(19)16(18)20/h5-6,8,11,17H,4,7,9-10H2,1-3H3. The summed E-state index contributed by atoms with van der Waals surface area (Å²) in [4.78, 5) is 25.7. The summed E-state index contributed by atoms with van der Waals surface area (Å²) in [6.45, 7) is 6.50. The van der Waals surface area contributed by atoms with Crippen molar-refractivity contribution < 1.29 is 14.3 Å². The Hall–Kier alpha value is -1.88. The molecule has 0 aromatic heterocycles. The van der Waals surface area contributed by atoms with Gasteiger partial charge in [0.15, 0.2) is 0 Å². The lowest BCUT2D eigenvalue weighted by molar-refractivity contribution is -0.114. The molecular weight excluding hydrogens is 268 g/mol. The first-order chi connectivity index (χ1) is 10.1. The van der Waals surface area contributed by atoms with Crippen LogP contribution < -0.4 is 15.0 Å². The number of hydrogen-bond acceptors (Lipinski definition) is 4. The van der Waals surface area contributed by atoms with Crippen molar-refractivity contribution in [2.24, 2.45) is 5.92 Å². The van der Waals surface area contributed by atoms with Gasteiger partial charge in [-0.3, -0.25) is 9.59 Å². The van der Waals surface area contributed by atoms with Crippen LogP contribution in [0.25, 0.3) is 0 Å². The number of carbonyl (C=O) groups excluding carboxylic acids is 2. The van der Waals surface area contributed by atoms with Crippen LogP contribution in [-0.4, -0.2) is 38.4 Å². The van der Waals surface area contributed by atoms with Crippen molar-refractivity contribution in [3.8, 4) is 5.75 Å². The Morgan fingerprint density at radius 2 is 2.10 bits per heavy atom. The van der Waals surface area contributed by atoms with Crippen LogP contribution >= 0.6 is 0 Å². The van der Waals surface area contributed by atoms with Gasteiger partial charge < -0.3 is 15.0 Å². The van der Waals surface area contributed by atoms with Crippen molar-refractivity contribution in [1.82, 2.24) is 5.32 Å². The van der Waals surface area contributed by atoms with Crippen LogP contribution in [-0.2, 0) is 4.79 Å². The number of benzene rings is 1. The third kappa shape index (κ3) is 3.24. The fraction of sp³-hybridized carbons (Fsp3) is 0.500. The fourth-order valence-electron chi connectivity index (χ4n) is 2.48. The minimum Gasteiger partial charge on any atom is -0.497 e. The second-order valence-electron chi connectivity index (χ2n) is 5.44. The molecule has 1 aliphatic rings. The van der Waals surface area contributed by atoms with E-state index in [1.807, 2.05) is 0 Å². The zero-order valence-electron chi connectivity index (χ0n) is 12.8. The minimum absolute atomic E-state index is 0.269. The normalized spacial score (nSPS) is 15.3. The van der Waals surface area contributed by atoms with Crippen LogP contribution in [0.15, 0.2) is 18.2 Å². The van der Waals surface area contributed by atoms with Gasteiger partial charge in [0.25, 0.3) is 11.7 Å². The number of Topliss-reactive ketones (excluding diaryl/α,β-unsaturated/α-hetero) is 1. The van der Waals surface area contributed by atoms with Crippen LogP contribution in [0.3, 0.4) is 0 Å². The first kappa shape index (κ1) is 15.5. The zero-order valence-corrected chi connectivity index (χ0v) is 12.8. The van der Waals surface area contributed by atoms with Crippen molar-refractivity contribution in [2.45, 2.75) is 20.3 Å². The number of nitrogens with zero attached hydrogens (tertiary/aromatic N) is 1. The molecule has 1 aromatic rings. The number of ketones is 1. The maximum absolute atomic E-state index is 12.1. The number of nitrogens with one attached hydrogen (secondary N) is 1. The van der Waals surface area contributed by atoms with Gasteiger partial charge in [-0.15, -0.1) is 0 Å². The summed E-state index contributed by atoms with van der Waals surface area (Å²) in [5.74, 6) is 0.0467. The van der Waals surface area contributed by atoms with Crippen molar-refractivity contribution in [3.05, 3.63) is 23.8 Å². The Morgan fingerprint density at radius 1 is 1.33 bits per heavy atom. The van der Waals surface area contributed by atoms with Crippen LogP contribution in [0.4, 0.5) is 5.69 Å². The molecule has 0 saturated heterocycles. The fourth-order valence-corrected chi connectivity index (χ4v) is 2.48. The van der Waals surface area contributed by atoms with E-state index in [9.17, 15) is 9.59 Å². The Kier molecular flexibility index (Phi) is 4.96. The number of amides is 1. The Balaban J connectivity index is 2.14. The minimum atomic E-state index is -0.444. The highest BCUT2D eigenvalue weighted by atomic mass is 16.5. The highest BCUT2D eigenvalue weighted by Crippen LogP contribution is 2.32. The number of rotatable bonds is 7. The van der Waals surface area contributed by atoms with Crippen LogP contribution in [0.2, 0.25) is 0 Å². The molecule has 1 unspecified atom stereocenters. The van der Waals surface area contributed by atoms with Gasteiger partial charge >= 0.3 is 0 Å². The number of methoxy groups -OCH3 is 1. The average molecular weight is 290 g/mol. The topological polar surface area (TPSA) is 58.6 Å². The van der Waals surface area contributed by atoms with Crippen molar-refractivity contribution in [2.75, 3.05) is 31.6 Å². The van der Waals surface area contributed by atoms with Gasteiger partial charge in [-0.2, -0.15) is 0 Å². The van der Waals surface area contributed by atoms with Gasteiger partial charge in [0, 0.05) is 12.6 Å². The molecule has 1 amide bonds. The van der Waals surface area contributed by atoms with Gasteiger partial charge in [0.1, 0.15) is 5.75 Å². The number of hydrogen-bond donors (Lipinski definition) is 1. The second kappa shape index (κ2) is 6.72. The third-order valence-corrected chi connectivity index (χ3v) is 3.59. The molecule has 1 N–H and O–H groups in total. The molecular formula is C16H22N2O3. The van der Waals surface area contributed by atoms with Crippen molar-refractivity contribution in [1.29, 1.82) is 0 Å². The van der Waals surface area contributed by atoms with Gasteiger partial charge in [-0.25, -0.2) is 0 Å². The summed E-state index contributed by atoms with van der Waals surface area (Å²) >= 11 is 0. The van der Waals surface area contributed by atoms with Gasteiger partial charge in [-0.05, 0) is 37.6 Å². The summed E-state index contributed by atoms with van der Waals surface area (Å²) in [6.07, 6.45) is 1.08. The van der Waals surface area contributed by atoms with E-state index in [-0.39, 0.29) is 5.92 Å². The van der Waals surface area contributed by atoms with E-state index in [0.717, 1.165) is 19.5 Å². The maximum atomic E-state index is 12.1. The average Bonchev–Trinajstić information content (AvgIpc) is 2.72. The van der Waals surface area contributed by atoms with Gasteiger partial charge in [0.2, 0.25) is 0 Å². The molecule has 0 spiro atoms. The molecule has 21 heavy (non-hydrogen) atoms. The lowest BCUT2D eigenvalue weighted by Gasteiger charge is -2.21. The molecule has 0 radical (unpaired) electrons. The van der Waals surface area contributed by atoms with E-state index in [2.05, 4.69) is 19.2 Å². The number of fused-ring (bicyclic) bond motifs is 1. The molecule has 0 saturated carbocycles. The smallest absolute Gasteiger partial charge is 0.299 e. The molecule has 5 nitrogen and oxygen atoms in total. The quantitative estimate of drug-likeness (QED) is 0.615. The van der Waals surface area contributed by atoms with E-state index >= 15 is 0 Å². The maximum Gasteiger partial charge on any atom is 0.299 e. The summed E-state index contributed by atoms with van der Waals surface area (Å²) in [6, 6.07) is 5.12. The van der Waals surface area contributed by atoms with Crippen molar-refractivity contribution >= 4 is 17.4 Å². The van der Waals surface area contributed by atoms with Crippen LogP contribution in [0.5, 0.6) is 5.75 Å². The number of carbonyl (C=O) groups is 2. The molecule has 1 aliphatic heterocycles. The monoisotopic (exact) mass is 290 g/mol. The van der Waals surface area contributed by atoms with E-state index in [1.54, 1.807) is 30.2 Å². The predicted octanol–water partition coefficient (Wildman–Crippen LogP) is 1.86. The van der Waals surface area contributed by atoms with E-state index in [4.69, 9.17) is 4.74 Å². The molecule has 1 heterocycles. The first-order valence-electron chi connectivity index (χ1n) is 7.33. The molecule has 5 heteroatoms. The summed E-state index contributed by atoms with van der Waals surface area (Å²) in [5.41, 5.74) is 1.13. The van der Waals surface area contributed by atoms with Crippen LogP contribution in [0, 0.1) is 5.92 Å². The van der Waals surface area contributed by atoms with E-state index < -0.39 is 11.7 Å². The van der Waals surface area contributed by atoms with Crippen molar-refractivity contribution in [3.63, 3.8) is 0 Å². The Morgan fingerprint density at radius 3 is 2.76 bits per heavy atom. The zero-order chi connectivity index (χ0) is 15.4. The van der Waals surface area contributed by atoms with Crippen LogP contribution in [0.1, 0.15) is 30.6 Å². The molecule has 1 atom stereocenters. The lowest BCUT2D eigenvalue weighted by atomic mass is 10.1. The highest BCUT2D eigenvalue weighted by molar-refractivity contribution is 6.52. The van der Waals surface area contributed by atoms with E-state index in [1.165, 1.54) is 0 Å².